The Morgan fingerprint density at radius 2 is 1.91 bits per heavy atom. The van der Waals surface area contributed by atoms with Crippen molar-refractivity contribution < 1.29 is 4.79 Å². The predicted octanol–water partition coefficient (Wildman–Crippen LogP) is 1.85. The summed E-state index contributed by atoms with van der Waals surface area (Å²) in [4.78, 5) is 10.9. The molecule has 0 radical (unpaired) electrons. The van der Waals surface area contributed by atoms with Gasteiger partial charge in [0.05, 0.1) is 12.0 Å². The van der Waals surface area contributed by atoms with E-state index in [0.29, 0.717) is 5.57 Å². The van der Waals surface area contributed by atoms with Crippen LogP contribution in [0.15, 0.2) is 24.3 Å². The van der Waals surface area contributed by atoms with Crippen molar-refractivity contribution in [2.24, 2.45) is 5.92 Å². The van der Waals surface area contributed by atoms with Crippen LogP contribution in [0.2, 0.25) is 0 Å². The Bertz CT molecular complexity index is 231. The fourth-order valence-electron chi connectivity index (χ4n) is 0.954. The molecule has 0 aromatic rings. The van der Waals surface area contributed by atoms with Gasteiger partial charge in [-0.15, -0.1) is 0 Å². The van der Waals surface area contributed by atoms with E-state index in [1.54, 1.807) is 6.92 Å². The second-order valence-electron chi connectivity index (χ2n) is 2.53. The highest BCUT2D eigenvalue weighted by molar-refractivity contribution is 5.84. The molecule has 11 heavy (non-hydrogen) atoms. The number of nitriles is 1. The second kappa shape index (κ2) is 3.72. The van der Waals surface area contributed by atoms with Crippen LogP contribution < -0.4 is 0 Å². The van der Waals surface area contributed by atoms with Gasteiger partial charge in [0.15, 0.2) is 0 Å². The fraction of sp³-hybridized carbons (Fsp3) is 0.333. The zero-order chi connectivity index (χ0) is 9.02. The maximum atomic E-state index is 10.9. The summed E-state index contributed by atoms with van der Waals surface area (Å²) in [5.41, 5.74) is 0.939. The lowest BCUT2D eigenvalue weighted by Gasteiger charge is -2.09. The fourth-order valence-corrected chi connectivity index (χ4v) is 0.954. The van der Waals surface area contributed by atoms with E-state index in [1.807, 2.05) is 6.07 Å². The van der Waals surface area contributed by atoms with Gasteiger partial charge in [0.2, 0.25) is 0 Å². The molecular weight excluding hydrogens is 138 g/mol. The Morgan fingerprint density at radius 3 is 2.00 bits per heavy atom. The highest BCUT2D eigenvalue weighted by Crippen LogP contribution is 2.17. The number of nitrogens with zero attached hydrogens (tertiary/aromatic N) is 1. The molecule has 0 amide bonds. The highest BCUT2D eigenvalue weighted by Gasteiger charge is 2.17. The SMILES string of the molecule is C=C(C)C(C(=C)C#N)C(C)=O. The van der Waals surface area contributed by atoms with E-state index >= 15 is 0 Å². The predicted molar refractivity (Wildman–Crippen MR) is 43.7 cm³/mol. The van der Waals surface area contributed by atoms with Crippen LogP contribution in [0.25, 0.3) is 0 Å². The first-order valence-corrected chi connectivity index (χ1v) is 3.25. The van der Waals surface area contributed by atoms with E-state index in [2.05, 4.69) is 13.2 Å². The third-order valence-corrected chi connectivity index (χ3v) is 1.39. The van der Waals surface area contributed by atoms with Gasteiger partial charge in [-0.05, 0) is 13.8 Å². The van der Waals surface area contributed by atoms with Gasteiger partial charge >= 0.3 is 0 Å². The van der Waals surface area contributed by atoms with E-state index < -0.39 is 5.92 Å². The van der Waals surface area contributed by atoms with Crippen LogP contribution in [0.3, 0.4) is 0 Å². The Kier molecular flexibility index (Phi) is 3.26. The lowest BCUT2D eigenvalue weighted by atomic mass is 9.91. The Hall–Kier alpha value is -1.36. The molecule has 0 aliphatic heterocycles. The van der Waals surface area contributed by atoms with Crippen molar-refractivity contribution >= 4 is 5.78 Å². The molecule has 0 saturated heterocycles. The number of allylic oxidation sites excluding steroid dienone is 2. The molecule has 0 fully saturated rings. The average Bonchev–Trinajstić information content (AvgIpc) is 1.85. The van der Waals surface area contributed by atoms with Crippen LogP contribution in [0.1, 0.15) is 13.8 Å². The summed E-state index contributed by atoms with van der Waals surface area (Å²) >= 11 is 0. The van der Waals surface area contributed by atoms with Crippen LogP contribution in [0, 0.1) is 17.2 Å². The van der Waals surface area contributed by atoms with Gasteiger partial charge in [-0.25, -0.2) is 0 Å². The molecule has 2 heteroatoms. The van der Waals surface area contributed by atoms with Gasteiger partial charge < -0.3 is 0 Å². The molecule has 58 valence electrons. The first-order chi connectivity index (χ1) is 5.00. The quantitative estimate of drug-likeness (QED) is 0.454. The largest absolute Gasteiger partial charge is 0.299 e. The summed E-state index contributed by atoms with van der Waals surface area (Å²) in [5, 5.41) is 8.46. The molecule has 0 aliphatic carbocycles. The van der Waals surface area contributed by atoms with Gasteiger partial charge in [0.1, 0.15) is 5.78 Å². The standard InChI is InChI=1S/C9H11NO/c1-6(2)9(8(4)11)7(3)5-10/h9H,1,3H2,2,4H3. The number of carbonyl (C=O) groups excluding carboxylic acids is 1. The summed E-state index contributed by atoms with van der Waals surface area (Å²) in [5.74, 6) is -0.566. The van der Waals surface area contributed by atoms with Crippen LogP contribution in [0.4, 0.5) is 0 Å². The maximum Gasteiger partial charge on any atom is 0.142 e. The van der Waals surface area contributed by atoms with Crippen molar-refractivity contribution in [2.75, 3.05) is 0 Å². The lowest BCUT2D eigenvalue weighted by Crippen LogP contribution is -2.12. The molecular formula is C9H11NO. The summed E-state index contributed by atoms with van der Waals surface area (Å²) in [6.45, 7) is 10.2. The minimum Gasteiger partial charge on any atom is -0.299 e. The van der Waals surface area contributed by atoms with Gasteiger partial charge in [0.25, 0.3) is 0 Å². The maximum absolute atomic E-state index is 10.9. The molecule has 2 nitrogen and oxygen atoms in total. The number of carbonyl (C=O) groups is 1. The van der Waals surface area contributed by atoms with Crippen LogP contribution in [-0.2, 0) is 4.79 Å². The zero-order valence-electron chi connectivity index (χ0n) is 6.85. The van der Waals surface area contributed by atoms with E-state index in [4.69, 9.17) is 5.26 Å². The Balaban J connectivity index is 4.65. The van der Waals surface area contributed by atoms with E-state index in [-0.39, 0.29) is 11.4 Å². The monoisotopic (exact) mass is 149 g/mol. The van der Waals surface area contributed by atoms with Crippen molar-refractivity contribution in [3.8, 4) is 6.07 Å². The van der Waals surface area contributed by atoms with Crippen molar-refractivity contribution in [2.45, 2.75) is 13.8 Å². The third-order valence-electron chi connectivity index (χ3n) is 1.39. The summed E-state index contributed by atoms with van der Waals surface area (Å²) in [6, 6.07) is 1.85. The van der Waals surface area contributed by atoms with E-state index in [0.717, 1.165) is 0 Å². The Morgan fingerprint density at radius 1 is 1.45 bits per heavy atom. The van der Waals surface area contributed by atoms with Crippen molar-refractivity contribution in [1.82, 2.24) is 0 Å². The van der Waals surface area contributed by atoms with Crippen molar-refractivity contribution in [1.29, 1.82) is 5.26 Å². The minimum absolute atomic E-state index is 0.0796. The smallest absolute Gasteiger partial charge is 0.142 e. The van der Waals surface area contributed by atoms with E-state index in [1.165, 1.54) is 6.92 Å². The molecule has 0 spiro atoms. The number of hydrogen-bond donors (Lipinski definition) is 0. The molecule has 1 atom stereocenters. The van der Waals surface area contributed by atoms with Crippen molar-refractivity contribution in [3.05, 3.63) is 24.3 Å². The summed E-state index contributed by atoms with van der Waals surface area (Å²) < 4.78 is 0. The summed E-state index contributed by atoms with van der Waals surface area (Å²) in [6.07, 6.45) is 0. The number of ketones is 1. The molecule has 0 heterocycles. The second-order valence-corrected chi connectivity index (χ2v) is 2.53. The van der Waals surface area contributed by atoms with E-state index in [9.17, 15) is 4.79 Å². The normalized spacial score (nSPS) is 11.4. The molecule has 0 N–H and O–H groups in total. The molecule has 0 saturated carbocycles. The topological polar surface area (TPSA) is 40.9 Å². The molecule has 0 aliphatic rings. The van der Waals surface area contributed by atoms with Crippen LogP contribution in [-0.4, -0.2) is 5.78 Å². The number of hydrogen-bond acceptors (Lipinski definition) is 2. The Labute approximate surface area is 66.8 Å². The molecule has 1 unspecified atom stereocenters. The number of rotatable bonds is 3. The first kappa shape index (κ1) is 9.64. The van der Waals surface area contributed by atoms with Gasteiger partial charge in [0, 0.05) is 5.57 Å². The number of Topliss-reactive ketones (excluding diaryl/α,β-unsaturated/α-hetero) is 1. The van der Waals surface area contributed by atoms with Crippen LogP contribution in [0.5, 0.6) is 0 Å². The zero-order valence-corrected chi connectivity index (χ0v) is 6.85. The highest BCUT2D eigenvalue weighted by atomic mass is 16.1. The molecule has 0 bridgehead atoms. The van der Waals surface area contributed by atoms with Crippen LogP contribution >= 0.6 is 0 Å². The third kappa shape index (κ3) is 2.38. The van der Waals surface area contributed by atoms with Crippen molar-refractivity contribution in [3.63, 3.8) is 0 Å². The molecule has 0 aromatic heterocycles. The van der Waals surface area contributed by atoms with Gasteiger partial charge in [-0.2, -0.15) is 5.26 Å². The lowest BCUT2D eigenvalue weighted by molar-refractivity contribution is -0.118. The summed E-state index contributed by atoms with van der Waals surface area (Å²) in [7, 11) is 0. The van der Waals surface area contributed by atoms with Gasteiger partial charge in [-0.3, -0.25) is 4.79 Å². The van der Waals surface area contributed by atoms with Gasteiger partial charge in [-0.1, -0.05) is 18.7 Å². The first-order valence-electron chi connectivity index (χ1n) is 3.25. The molecule has 0 aromatic carbocycles. The average molecular weight is 149 g/mol. The molecule has 0 rings (SSSR count). The minimum atomic E-state index is -0.486.